The maximum atomic E-state index is 8.98. The minimum absolute atomic E-state index is 0.407. The lowest BCUT2D eigenvalue weighted by Crippen LogP contribution is -2.75. The Morgan fingerprint density at radius 1 is 0.917 bits per heavy atom. The molecular formula is C10H18N2. The lowest BCUT2D eigenvalue weighted by Gasteiger charge is -2.37. The molecule has 0 aliphatic heterocycles. The third-order valence-corrected chi connectivity index (χ3v) is 3.74. The molecule has 2 aliphatic rings. The van der Waals surface area contributed by atoms with Crippen molar-refractivity contribution in [1.29, 1.82) is 0 Å². The summed E-state index contributed by atoms with van der Waals surface area (Å²) in [5.41, 5.74) is 8.98. The Hall–Kier alpha value is -0.400. The van der Waals surface area contributed by atoms with Gasteiger partial charge in [-0.05, 0) is 31.6 Å². The predicted octanol–water partition coefficient (Wildman–Crippen LogP) is 1.45. The first-order valence-corrected chi connectivity index (χ1v) is 5.31. The molecule has 68 valence electrons. The summed E-state index contributed by atoms with van der Waals surface area (Å²) < 4.78 is 0. The summed E-state index contributed by atoms with van der Waals surface area (Å²) in [6.45, 7) is 0. The van der Waals surface area contributed by atoms with Crippen LogP contribution >= 0.6 is 0 Å². The number of rotatable bonds is 1. The van der Waals surface area contributed by atoms with Crippen molar-refractivity contribution in [3.05, 3.63) is 5.53 Å². The van der Waals surface area contributed by atoms with Gasteiger partial charge in [-0.2, -0.15) is 0 Å². The Kier molecular flexibility index (Phi) is 2.43. The Labute approximate surface area is 74.2 Å². The summed E-state index contributed by atoms with van der Waals surface area (Å²) >= 11 is 0. The number of nitrogens with one attached hydrogen (secondary N) is 1. The standard InChI is InChI=1S/C10H18N2/c11-12-10-7-3-5-8-4-1-2-6-9(8)10/h8-10,12H,1-7H2. The van der Waals surface area contributed by atoms with Gasteiger partial charge >= 0.3 is 0 Å². The molecule has 0 radical (unpaired) electrons. The van der Waals surface area contributed by atoms with Crippen LogP contribution in [0.3, 0.4) is 0 Å². The van der Waals surface area contributed by atoms with Gasteiger partial charge in [0.2, 0.25) is 0 Å². The zero-order valence-corrected chi connectivity index (χ0v) is 7.63. The maximum absolute atomic E-state index is 8.98. The number of hydrogen-bond donors (Lipinski definition) is 1. The van der Waals surface area contributed by atoms with Crippen LogP contribution in [0.4, 0.5) is 0 Å². The smallest absolute Gasteiger partial charge is 0.142 e. The molecule has 0 aromatic rings. The van der Waals surface area contributed by atoms with E-state index in [2.05, 4.69) is 5.11 Å². The summed E-state index contributed by atoms with van der Waals surface area (Å²) in [5.74, 6) is 1.69. The van der Waals surface area contributed by atoms with Gasteiger partial charge in [0.15, 0.2) is 0 Å². The van der Waals surface area contributed by atoms with Gasteiger partial charge < -0.3 is 10.6 Å². The van der Waals surface area contributed by atoms with Crippen LogP contribution < -0.4 is 5.11 Å². The highest BCUT2D eigenvalue weighted by Crippen LogP contribution is 2.39. The van der Waals surface area contributed by atoms with Crippen molar-refractivity contribution in [3.63, 3.8) is 0 Å². The van der Waals surface area contributed by atoms with Crippen LogP contribution in [0.25, 0.3) is 5.53 Å². The first kappa shape index (κ1) is 8.21. The van der Waals surface area contributed by atoms with Gasteiger partial charge in [0.25, 0.3) is 0 Å². The van der Waals surface area contributed by atoms with E-state index < -0.39 is 0 Å². The Balaban J connectivity index is 2.03. The molecule has 0 bridgehead atoms. The van der Waals surface area contributed by atoms with E-state index in [4.69, 9.17) is 5.53 Å². The fourth-order valence-electron chi connectivity index (χ4n) is 3.10. The van der Waals surface area contributed by atoms with Crippen molar-refractivity contribution >= 4 is 0 Å². The summed E-state index contributed by atoms with van der Waals surface area (Å²) in [6, 6.07) is 0.407. The monoisotopic (exact) mass is 166 g/mol. The summed E-state index contributed by atoms with van der Waals surface area (Å²) in [4.78, 5) is 0. The molecule has 0 spiro atoms. The van der Waals surface area contributed by atoms with Crippen LogP contribution in [0.1, 0.15) is 44.9 Å². The van der Waals surface area contributed by atoms with Gasteiger partial charge in [0.05, 0.1) is 0 Å². The zero-order chi connectivity index (χ0) is 8.39. The van der Waals surface area contributed by atoms with E-state index in [0.29, 0.717) is 6.04 Å². The summed E-state index contributed by atoms with van der Waals surface area (Å²) in [5, 5.41) is 2.50. The second kappa shape index (κ2) is 3.55. The molecule has 2 saturated carbocycles. The fourth-order valence-corrected chi connectivity index (χ4v) is 3.10. The Morgan fingerprint density at radius 3 is 2.50 bits per heavy atom. The van der Waals surface area contributed by atoms with Crippen LogP contribution in [0.5, 0.6) is 0 Å². The van der Waals surface area contributed by atoms with Gasteiger partial charge in [-0.1, -0.05) is 12.8 Å². The molecule has 0 saturated heterocycles. The topological polar surface area (TPSA) is 36.3 Å². The molecule has 2 rings (SSSR count). The molecule has 2 heteroatoms. The number of fused-ring (bicyclic) bond motifs is 1. The SMILES string of the molecule is [N-]=[NH+]C1CCCC2CCCCC21. The molecule has 0 aromatic carbocycles. The van der Waals surface area contributed by atoms with Crippen LogP contribution in [-0.4, -0.2) is 6.04 Å². The fraction of sp³-hybridized carbons (Fsp3) is 1.00. The van der Waals surface area contributed by atoms with Crippen LogP contribution in [0.2, 0.25) is 0 Å². The molecule has 1 N–H and O–H groups in total. The quantitative estimate of drug-likeness (QED) is 0.572. The maximum Gasteiger partial charge on any atom is 0.142 e. The van der Waals surface area contributed by atoms with Crippen LogP contribution in [-0.2, 0) is 0 Å². The average Bonchev–Trinajstić information content (AvgIpc) is 2.17. The molecule has 3 unspecified atom stereocenters. The molecule has 0 heterocycles. The average molecular weight is 166 g/mol. The van der Waals surface area contributed by atoms with E-state index in [-0.39, 0.29) is 0 Å². The third-order valence-electron chi connectivity index (χ3n) is 3.74. The van der Waals surface area contributed by atoms with Crippen molar-refractivity contribution in [2.75, 3.05) is 0 Å². The molecule has 2 aliphatic carbocycles. The summed E-state index contributed by atoms with van der Waals surface area (Å²) in [7, 11) is 0. The van der Waals surface area contributed by atoms with Crippen molar-refractivity contribution in [2.24, 2.45) is 11.8 Å². The minimum atomic E-state index is 0.407. The Morgan fingerprint density at radius 2 is 1.67 bits per heavy atom. The van der Waals surface area contributed by atoms with E-state index in [1.54, 1.807) is 0 Å². The highest BCUT2D eigenvalue weighted by atomic mass is 15.0. The first-order chi connectivity index (χ1) is 5.92. The molecule has 0 aromatic heterocycles. The van der Waals surface area contributed by atoms with E-state index >= 15 is 0 Å². The van der Waals surface area contributed by atoms with Gasteiger partial charge in [0.1, 0.15) is 6.04 Å². The zero-order valence-electron chi connectivity index (χ0n) is 7.63. The van der Waals surface area contributed by atoms with E-state index in [9.17, 15) is 0 Å². The molecule has 2 fully saturated rings. The lowest BCUT2D eigenvalue weighted by molar-refractivity contribution is -0.542. The third kappa shape index (κ3) is 1.39. The minimum Gasteiger partial charge on any atom is -0.508 e. The lowest BCUT2D eigenvalue weighted by atomic mass is 9.69. The van der Waals surface area contributed by atoms with Crippen LogP contribution in [0, 0.1) is 11.8 Å². The molecular weight excluding hydrogens is 148 g/mol. The first-order valence-electron chi connectivity index (χ1n) is 5.31. The van der Waals surface area contributed by atoms with Gasteiger partial charge in [-0.25, -0.2) is 0 Å². The second-order valence-electron chi connectivity index (χ2n) is 4.37. The molecule has 0 amide bonds. The van der Waals surface area contributed by atoms with Gasteiger partial charge in [-0.3, -0.25) is 0 Å². The van der Waals surface area contributed by atoms with Gasteiger partial charge in [-0.15, -0.1) is 0 Å². The highest BCUT2D eigenvalue weighted by molar-refractivity contribution is 4.84. The summed E-state index contributed by atoms with van der Waals surface area (Å²) in [6.07, 6.45) is 9.42. The molecule has 2 nitrogen and oxygen atoms in total. The van der Waals surface area contributed by atoms with Crippen molar-refractivity contribution in [1.82, 2.24) is 0 Å². The molecule has 12 heavy (non-hydrogen) atoms. The van der Waals surface area contributed by atoms with Crippen LogP contribution in [0.15, 0.2) is 0 Å². The normalized spacial score (nSPS) is 41.8. The highest BCUT2D eigenvalue weighted by Gasteiger charge is 2.36. The Bertz CT molecular complexity index is 165. The number of nitrogens with zero attached hydrogens (tertiary/aromatic N) is 1. The molecule has 3 atom stereocenters. The number of hydrogen-bond acceptors (Lipinski definition) is 0. The van der Waals surface area contributed by atoms with Gasteiger partial charge in [0, 0.05) is 12.3 Å². The van der Waals surface area contributed by atoms with E-state index in [0.717, 1.165) is 11.8 Å². The van der Waals surface area contributed by atoms with Crippen molar-refractivity contribution in [3.8, 4) is 0 Å². The van der Waals surface area contributed by atoms with Crippen molar-refractivity contribution in [2.45, 2.75) is 51.0 Å². The van der Waals surface area contributed by atoms with E-state index in [1.165, 1.54) is 44.9 Å². The van der Waals surface area contributed by atoms with Crippen molar-refractivity contribution < 1.29 is 5.11 Å². The van der Waals surface area contributed by atoms with E-state index in [1.807, 2.05) is 0 Å². The second-order valence-corrected chi connectivity index (χ2v) is 4.37. The largest absolute Gasteiger partial charge is 0.508 e. The predicted molar refractivity (Wildman–Crippen MR) is 47.4 cm³/mol.